The highest BCUT2D eigenvalue weighted by atomic mass is 33.1. The van der Waals surface area contributed by atoms with Gasteiger partial charge in [-0.15, -0.1) is 11.7 Å². The summed E-state index contributed by atoms with van der Waals surface area (Å²) < 4.78 is -0.238. The number of nitrogens with one attached hydrogen (secondary N) is 1. The zero-order valence-electron chi connectivity index (χ0n) is 7.00. The topological polar surface area (TPSA) is 32.9 Å². The van der Waals surface area contributed by atoms with Crippen LogP contribution in [-0.2, 0) is 4.75 Å². The molecule has 66 valence electrons. The molecule has 0 bridgehead atoms. The number of aromatic amines is 1. The van der Waals surface area contributed by atoms with E-state index < -0.39 is 0 Å². The fraction of sp³-hybridized carbons (Fsp3) is 0.375. The molecule has 0 saturated carbocycles. The second kappa shape index (κ2) is 3.58. The SMILES string of the molecule is CC(C)(SS)c1ccc[nH]c1=O. The van der Waals surface area contributed by atoms with Gasteiger partial charge in [0.25, 0.3) is 5.56 Å². The van der Waals surface area contributed by atoms with E-state index in [0.717, 1.165) is 5.56 Å². The monoisotopic (exact) mass is 201 g/mol. The molecule has 0 aliphatic rings. The molecule has 0 saturated heterocycles. The van der Waals surface area contributed by atoms with Crippen molar-refractivity contribution in [2.75, 3.05) is 0 Å². The number of rotatable bonds is 2. The van der Waals surface area contributed by atoms with Crippen LogP contribution in [0.2, 0.25) is 0 Å². The van der Waals surface area contributed by atoms with Crippen LogP contribution in [-0.4, -0.2) is 4.98 Å². The highest BCUT2D eigenvalue weighted by Gasteiger charge is 2.22. The minimum Gasteiger partial charge on any atom is -0.329 e. The fourth-order valence-corrected chi connectivity index (χ4v) is 1.50. The summed E-state index contributed by atoms with van der Waals surface area (Å²) in [6.45, 7) is 3.94. The average molecular weight is 201 g/mol. The molecule has 0 unspecified atom stereocenters. The molecule has 1 heterocycles. The first kappa shape index (κ1) is 9.74. The van der Waals surface area contributed by atoms with Gasteiger partial charge in [-0.1, -0.05) is 16.9 Å². The minimum absolute atomic E-state index is 0.0379. The van der Waals surface area contributed by atoms with Gasteiger partial charge in [-0.25, -0.2) is 0 Å². The highest BCUT2D eigenvalue weighted by Crippen LogP contribution is 2.35. The van der Waals surface area contributed by atoms with Gasteiger partial charge in [0.15, 0.2) is 0 Å². The molecular formula is C8H11NOS2. The van der Waals surface area contributed by atoms with Crippen LogP contribution in [0.25, 0.3) is 0 Å². The molecule has 0 amide bonds. The van der Waals surface area contributed by atoms with E-state index in [0.29, 0.717) is 0 Å². The first-order valence-electron chi connectivity index (χ1n) is 3.58. The predicted octanol–water partition coefficient (Wildman–Crippen LogP) is 2.19. The van der Waals surface area contributed by atoms with Crippen molar-refractivity contribution in [2.24, 2.45) is 0 Å². The molecule has 1 rings (SSSR count). The number of thiol groups is 1. The van der Waals surface area contributed by atoms with Crippen molar-refractivity contribution in [3.05, 3.63) is 34.2 Å². The van der Waals surface area contributed by atoms with Crippen molar-refractivity contribution >= 4 is 22.5 Å². The highest BCUT2D eigenvalue weighted by molar-refractivity contribution is 8.68. The first-order chi connectivity index (χ1) is 5.58. The van der Waals surface area contributed by atoms with Crippen molar-refractivity contribution in [1.29, 1.82) is 0 Å². The number of hydrogen-bond donors (Lipinski definition) is 2. The molecule has 0 atom stereocenters. The largest absolute Gasteiger partial charge is 0.329 e. The summed E-state index contributed by atoms with van der Waals surface area (Å²) >= 11 is 4.12. The van der Waals surface area contributed by atoms with E-state index in [9.17, 15) is 4.79 Å². The Hall–Kier alpha value is -0.350. The summed E-state index contributed by atoms with van der Waals surface area (Å²) in [5, 5.41) is 0. The van der Waals surface area contributed by atoms with Crippen LogP contribution < -0.4 is 5.56 Å². The summed E-state index contributed by atoms with van der Waals surface area (Å²) in [7, 11) is 1.37. The Morgan fingerprint density at radius 3 is 2.75 bits per heavy atom. The molecule has 0 aliphatic heterocycles. The Kier molecular flexibility index (Phi) is 2.90. The van der Waals surface area contributed by atoms with E-state index in [1.807, 2.05) is 26.0 Å². The molecule has 0 spiro atoms. The smallest absolute Gasteiger partial charge is 0.252 e. The predicted molar refractivity (Wildman–Crippen MR) is 56.7 cm³/mol. The molecule has 1 aromatic heterocycles. The van der Waals surface area contributed by atoms with Crippen molar-refractivity contribution < 1.29 is 0 Å². The summed E-state index contributed by atoms with van der Waals surface area (Å²) in [5.74, 6) is 0. The lowest BCUT2D eigenvalue weighted by molar-refractivity contribution is 0.772. The van der Waals surface area contributed by atoms with E-state index in [2.05, 4.69) is 16.6 Å². The Bertz CT molecular complexity index is 319. The molecule has 0 aliphatic carbocycles. The van der Waals surface area contributed by atoms with Crippen LogP contribution in [0.3, 0.4) is 0 Å². The lowest BCUT2D eigenvalue weighted by Crippen LogP contribution is -2.22. The molecule has 0 radical (unpaired) electrons. The maximum absolute atomic E-state index is 11.3. The van der Waals surface area contributed by atoms with Crippen molar-refractivity contribution in [2.45, 2.75) is 18.6 Å². The summed E-state index contributed by atoms with van der Waals surface area (Å²) in [6.07, 6.45) is 1.63. The maximum Gasteiger partial charge on any atom is 0.252 e. The van der Waals surface area contributed by atoms with E-state index in [1.165, 1.54) is 10.8 Å². The van der Waals surface area contributed by atoms with E-state index in [-0.39, 0.29) is 10.3 Å². The van der Waals surface area contributed by atoms with Gasteiger partial charge in [0.05, 0.1) is 4.75 Å². The zero-order valence-corrected chi connectivity index (χ0v) is 8.71. The Balaban J connectivity index is 3.20. The van der Waals surface area contributed by atoms with Crippen LogP contribution in [0, 0.1) is 0 Å². The average Bonchev–Trinajstić information content (AvgIpc) is 2.05. The van der Waals surface area contributed by atoms with Gasteiger partial charge in [0, 0.05) is 11.8 Å². The molecule has 0 fully saturated rings. The number of aromatic nitrogens is 1. The standard InChI is InChI=1S/C8H11NOS2/c1-8(2,12-11)6-4-3-5-9-7(6)10/h3-5,11H,1-2H3,(H,9,10). The summed E-state index contributed by atoms with van der Waals surface area (Å²) in [5.41, 5.74) is 0.717. The molecule has 2 nitrogen and oxygen atoms in total. The molecule has 0 aromatic carbocycles. The molecule has 4 heteroatoms. The molecular weight excluding hydrogens is 190 g/mol. The third-order valence-electron chi connectivity index (χ3n) is 1.70. The molecule has 1 N–H and O–H groups in total. The van der Waals surface area contributed by atoms with Crippen LogP contribution in [0.5, 0.6) is 0 Å². The lowest BCUT2D eigenvalue weighted by Gasteiger charge is -2.19. The van der Waals surface area contributed by atoms with Crippen molar-refractivity contribution in [1.82, 2.24) is 4.98 Å². The Morgan fingerprint density at radius 2 is 2.25 bits per heavy atom. The zero-order chi connectivity index (χ0) is 9.19. The van der Waals surface area contributed by atoms with Crippen LogP contribution in [0.15, 0.2) is 23.1 Å². The normalized spacial score (nSPS) is 11.6. The summed E-state index contributed by atoms with van der Waals surface area (Å²) in [6, 6.07) is 3.64. The number of hydrogen-bond acceptors (Lipinski definition) is 3. The van der Waals surface area contributed by atoms with Gasteiger partial charge >= 0.3 is 0 Å². The van der Waals surface area contributed by atoms with Gasteiger partial charge in [-0.3, -0.25) is 4.79 Å². The van der Waals surface area contributed by atoms with Gasteiger partial charge < -0.3 is 4.98 Å². The third-order valence-corrected chi connectivity index (χ3v) is 3.74. The van der Waals surface area contributed by atoms with E-state index in [1.54, 1.807) is 6.20 Å². The van der Waals surface area contributed by atoms with E-state index >= 15 is 0 Å². The number of pyridine rings is 1. The number of H-pyrrole nitrogens is 1. The Labute approximate surface area is 80.6 Å². The van der Waals surface area contributed by atoms with Crippen molar-refractivity contribution in [3.63, 3.8) is 0 Å². The van der Waals surface area contributed by atoms with Gasteiger partial charge in [-0.2, -0.15) is 0 Å². The van der Waals surface area contributed by atoms with Crippen LogP contribution in [0.1, 0.15) is 19.4 Å². The van der Waals surface area contributed by atoms with Crippen molar-refractivity contribution in [3.8, 4) is 0 Å². The van der Waals surface area contributed by atoms with Crippen LogP contribution >= 0.6 is 22.5 Å². The van der Waals surface area contributed by atoms with Gasteiger partial charge in [0.1, 0.15) is 0 Å². The lowest BCUT2D eigenvalue weighted by atomic mass is 10.1. The first-order valence-corrected chi connectivity index (χ1v) is 5.45. The minimum atomic E-state index is -0.238. The van der Waals surface area contributed by atoms with Gasteiger partial charge in [-0.05, 0) is 19.9 Å². The van der Waals surface area contributed by atoms with E-state index in [4.69, 9.17) is 0 Å². The summed E-state index contributed by atoms with van der Waals surface area (Å²) in [4.78, 5) is 14.0. The maximum atomic E-state index is 11.3. The Morgan fingerprint density at radius 1 is 1.58 bits per heavy atom. The second-order valence-corrected chi connectivity index (χ2v) is 4.77. The second-order valence-electron chi connectivity index (χ2n) is 3.01. The fourth-order valence-electron chi connectivity index (χ4n) is 0.945. The third kappa shape index (κ3) is 1.87. The quantitative estimate of drug-likeness (QED) is 0.568. The molecule has 12 heavy (non-hydrogen) atoms. The van der Waals surface area contributed by atoms with Gasteiger partial charge in [0.2, 0.25) is 0 Å². The van der Waals surface area contributed by atoms with Crippen LogP contribution in [0.4, 0.5) is 0 Å². The molecule has 1 aromatic rings.